The monoisotopic (exact) mass is 729 g/mol. The van der Waals surface area contributed by atoms with Crippen LogP contribution in [0.15, 0.2) is 0 Å². The lowest BCUT2D eigenvalue weighted by Crippen LogP contribution is -2.63. The lowest BCUT2D eigenvalue weighted by Gasteiger charge is -2.49. The van der Waals surface area contributed by atoms with Crippen molar-refractivity contribution in [3.05, 3.63) is 0 Å². The summed E-state index contributed by atoms with van der Waals surface area (Å²) < 4.78 is 11.6. The molecular weight excluding hydrogens is 666 g/mol. The van der Waals surface area contributed by atoms with Crippen LogP contribution in [0.2, 0.25) is 0 Å². The molecule has 51 heavy (non-hydrogen) atoms. The van der Waals surface area contributed by atoms with Crippen LogP contribution >= 0.6 is 0 Å². The Balaban J connectivity index is 0. The fourth-order valence-corrected chi connectivity index (χ4v) is 6.11. The van der Waals surface area contributed by atoms with E-state index < -0.39 is 40.7 Å². The van der Waals surface area contributed by atoms with E-state index in [9.17, 15) is 29.4 Å². The van der Waals surface area contributed by atoms with Gasteiger partial charge in [0.15, 0.2) is 0 Å². The number of carboxylic acid groups (broad SMARTS) is 2. The van der Waals surface area contributed by atoms with Gasteiger partial charge in [-0.25, -0.2) is 0 Å². The van der Waals surface area contributed by atoms with E-state index in [-0.39, 0.29) is 61.0 Å². The SMILES string of the molecule is CC(C)(C)CN(CC(=O)OC(C)(C)C)C1(C)CN(C(CCC(=O)O)C(=O)OC(C)(C)C)CCN(C(CCC(=O)O)C(C)(C)C)C1.O=C=O.O=C=O. The Hall–Kier alpha value is -3.48. The minimum atomic E-state index is -0.997. The van der Waals surface area contributed by atoms with E-state index in [0.717, 1.165) is 0 Å². The Morgan fingerprint density at radius 3 is 1.53 bits per heavy atom. The molecule has 0 spiro atoms. The highest BCUT2D eigenvalue weighted by Crippen LogP contribution is 2.34. The summed E-state index contributed by atoms with van der Waals surface area (Å²) in [5.41, 5.74) is -2.60. The van der Waals surface area contributed by atoms with E-state index in [2.05, 4.69) is 58.3 Å². The highest BCUT2D eigenvalue weighted by atomic mass is 16.6. The van der Waals surface area contributed by atoms with Gasteiger partial charge in [0.2, 0.25) is 0 Å². The lowest BCUT2D eigenvalue weighted by molar-refractivity contribution is -0.193. The summed E-state index contributed by atoms with van der Waals surface area (Å²) in [6.45, 7) is 28.0. The van der Waals surface area contributed by atoms with Crippen LogP contribution in [0.5, 0.6) is 0 Å². The zero-order chi connectivity index (χ0) is 40.6. The molecular formula is C36H63N3O12. The highest BCUT2D eigenvalue weighted by Gasteiger charge is 2.46. The van der Waals surface area contributed by atoms with Gasteiger partial charge in [-0.15, -0.1) is 0 Å². The number of carboxylic acids is 2. The van der Waals surface area contributed by atoms with Crippen LogP contribution in [0.4, 0.5) is 0 Å². The predicted octanol–water partition coefficient (Wildman–Crippen LogP) is 3.74. The molecule has 0 aromatic carbocycles. The molecule has 1 fully saturated rings. The van der Waals surface area contributed by atoms with Gasteiger partial charge >= 0.3 is 36.2 Å². The second-order valence-electron chi connectivity index (χ2n) is 17.4. The van der Waals surface area contributed by atoms with Crippen molar-refractivity contribution in [2.45, 2.75) is 145 Å². The summed E-state index contributed by atoms with van der Waals surface area (Å²) in [4.78, 5) is 89.3. The van der Waals surface area contributed by atoms with Gasteiger partial charge in [-0.2, -0.15) is 19.2 Å². The number of hydrogen-bond acceptors (Lipinski definition) is 13. The van der Waals surface area contributed by atoms with Crippen LogP contribution in [0, 0.1) is 10.8 Å². The van der Waals surface area contributed by atoms with Crippen molar-refractivity contribution in [2.24, 2.45) is 10.8 Å². The number of carbonyl (C=O) groups excluding carboxylic acids is 6. The molecule has 0 saturated carbocycles. The number of aliphatic carboxylic acids is 2. The second-order valence-corrected chi connectivity index (χ2v) is 17.4. The van der Waals surface area contributed by atoms with Crippen molar-refractivity contribution < 1.29 is 58.0 Å². The van der Waals surface area contributed by atoms with E-state index in [1.54, 1.807) is 20.8 Å². The third kappa shape index (κ3) is 22.1. The van der Waals surface area contributed by atoms with Gasteiger partial charge in [0, 0.05) is 57.1 Å². The van der Waals surface area contributed by atoms with E-state index in [4.69, 9.17) is 28.7 Å². The Kier molecular flexibility index (Phi) is 20.6. The number of ether oxygens (including phenoxy) is 2. The molecule has 15 heteroatoms. The predicted molar refractivity (Wildman–Crippen MR) is 185 cm³/mol. The molecule has 1 aliphatic heterocycles. The molecule has 3 atom stereocenters. The standard InChI is InChI=1S/C34H63N3O8.2CO2/c1-30(2,3)21-37(20-28(42)44-32(7,8)9)34(13)22-35(24(14-16-26(38)39)29(43)45-33(10,11)12)18-19-36(23-34)25(31(4,5)6)15-17-27(40)41;2*2-1-3/h24-25H,14-23H2,1-13H3,(H,38,39)(H,40,41);;. The summed E-state index contributed by atoms with van der Waals surface area (Å²) in [6, 6.07) is -0.922. The largest absolute Gasteiger partial charge is 0.481 e. The van der Waals surface area contributed by atoms with Crippen molar-refractivity contribution in [2.75, 3.05) is 39.3 Å². The molecule has 3 unspecified atom stereocenters. The molecule has 1 saturated heterocycles. The first-order valence-corrected chi connectivity index (χ1v) is 17.0. The van der Waals surface area contributed by atoms with Crippen LogP contribution in [0.25, 0.3) is 0 Å². The molecule has 0 aromatic rings. The van der Waals surface area contributed by atoms with Crippen LogP contribution < -0.4 is 0 Å². The molecule has 0 aromatic heterocycles. The molecule has 0 aliphatic carbocycles. The number of esters is 2. The first kappa shape index (κ1) is 49.6. The Labute approximate surface area is 303 Å². The summed E-state index contributed by atoms with van der Waals surface area (Å²) in [5.74, 6) is -2.69. The highest BCUT2D eigenvalue weighted by molar-refractivity contribution is 5.77. The Morgan fingerprint density at radius 2 is 1.14 bits per heavy atom. The van der Waals surface area contributed by atoms with Crippen LogP contribution in [-0.2, 0) is 47.8 Å². The topological polar surface area (TPSA) is 205 Å². The first-order valence-electron chi connectivity index (χ1n) is 17.0. The molecule has 2 N–H and O–H groups in total. The van der Waals surface area contributed by atoms with Gasteiger partial charge in [0.1, 0.15) is 17.2 Å². The Morgan fingerprint density at radius 1 is 0.725 bits per heavy atom. The maximum Gasteiger partial charge on any atom is 0.373 e. The van der Waals surface area contributed by atoms with Gasteiger partial charge in [-0.3, -0.25) is 33.9 Å². The van der Waals surface area contributed by atoms with Gasteiger partial charge in [0.25, 0.3) is 0 Å². The zero-order valence-corrected chi connectivity index (χ0v) is 33.0. The fourth-order valence-electron chi connectivity index (χ4n) is 6.11. The summed E-state index contributed by atoms with van der Waals surface area (Å²) >= 11 is 0. The number of hydrogen-bond donors (Lipinski definition) is 2. The summed E-state index contributed by atoms with van der Waals surface area (Å²) in [5, 5.41) is 19.1. The maximum atomic E-state index is 13.7. The molecule has 1 aliphatic rings. The third-order valence-corrected chi connectivity index (χ3v) is 7.75. The molecule has 1 heterocycles. The number of nitrogens with zero attached hydrogens (tertiary/aromatic N) is 3. The van der Waals surface area contributed by atoms with Gasteiger partial charge < -0.3 is 19.7 Å². The molecule has 15 nitrogen and oxygen atoms in total. The van der Waals surface area contributed by atoms with E-state index in [1.807, 2.05) is 25.7 Å². The lowest BCUT2D eigenvalue weighted by atomic mass is 9.81. The van der Waals surface area contributed by atoms with E-state index >= 15 is 0 Å². The van der Waals surface area contributed by atoms with Gasteiger partial charge in [-0.05, 0) is 72.1 Å². The van der Waals surface area contributed by atoms with Crippen LogP contribution in [0.3, 0.4) is 0 Å². The average molecular weight is 730 g/mol. The molecule has 0 bridgehead atoms. The van der Waals surface area contributed by atoms with E-state index in [1.165, 1.54) is 0 Å². The zero-order valence-electron chi connectivity index (χ0n) is 33.0. The summed E-state index contributed by atoms with van der Waals surface area (Å²) in [6.07, 6.45) is 0.831. The number of rotatable bonds is 13. The molecule has 1 rings (SSSR count). The van der Waals surface area contributed by atoms with E-state index in [0.29, 0.717) is 39.1 Å². The third-order valence-electron chi connectivity index (χ3n) is 7.75. The minimum absolute atomic E-state index is 0.0155. The fraction of sp³-hybridized carbons (Fsp3) is 0.833. The quantitative estimate of drug-likeness (QED) is 0.259. The first-order chi connectivity index (χ1) is 22.9. The number of carbonyl (C=O) groups is 4. The van der Waals surface area contributed by atoms with Crippen LogP contribution in [0.1, 0.15) is 116 Å². The van der Waals surface area contributed by atoms with Crippen molar-refractivity contribution in [3.8, 4) is 0 Å². The molecule has 0 radical (unpaired) electrons. The van der Waals surface area contributed by atoms with Crippen molar-refractivity contribution in [1.29, 1.82) is 0 Å². The smallest absolute Gasteiger partial charge is 0.373 e. The maximum absolute atomic E-state index is 13.7. The normalized spacial score (nSPS) is 18.6. The van der Waals surface area contributed by atoms with Crippen molar-refractivity contribution >= 4 is 36.2 Å². The second kappa shape index (κ2) is 21.1. The van der Waals surface area contributed by atoms with Gasteiger partial charge in [0.05, 0.1) is 6.54 Å². The van der Waals surface area contributed by atoms with Crippen LogP contribution in [-0.4, -0.2) is 129 Å². The average Bonchev–Trinajstić information content (AvgIpc) is 3.05. The van der Waals surface area contributed by atoms with Crippen molar-refractivity contribution in [3.63, 3.8) is 0 Å². The Bertz CT molecular complexity index is 1190. The summed E-state index contributed by atoms with van der Waals surface area (Å²) in [7, 11) is 0. The van der Waals surface area contributed by atoms with Gasteiger partial charge in [-0.1, -0.05) is 41.5 Å². The van der Waals surface area contributed by atoms with Crippen molar-refractivity contribution in [1.82, 2.24) is 14.7 Å². The molecule has 294 valence electrons. The minimum Gasteiger partial charge on any atom is -0.481 e. The molecule has 0 amide bonds.